The molecule has 0 radical (unpaired) electrons. The molecule has 2 heterocycles. The number of aromatic nitrogens is 1. The summed E-state index contributed by atoms with van der Waals surface area (Å²) in [4.78, 5) is 6.21. The largest absolute Gasteiger partial charge is 0.492 e. The lowest BCUT2D eigenvalue weighted by Crippen LogP contribution is -2.16. The van der Waals surface area contributed by atoms with E-state index in [0.29, 0.717) is 12.5 Å². The van der Waals surface area contributed by atoms with Gasteiger partial charge in [0.15, 0.2) is 0 Å². The second kappa shape index (κ2) is 4.32. The molecule has 1 aromatic carbocycles. The topological polar surface area (TPSA) is 48.1 Å². The summed E-state index contributed by atoms with van der Waals surface area (Å²) in [7, 11) is 0. The van der Waals surface area contributed by atoms with E-state index < -0.39 is 0 Å². The Hall–Kier alpha value is -1.39. The normalized spacial score (nSPS) is 24.7. The molecule has 0 fully saturated rings. The first-order chi connectivity index (χ1) is 9.33. The van der Waals surface area contributed by atoms with Crippen molar-refractivity contribution in [2.75, 3.05) is 6.61 Å². The summed E-state index contributed by atoms with van der Waals surface area (Å²) < 4.78 is 5.76. The molecule has 1 aliphatic carbocycles. The van der Waals surface area contributed by atoms with Crippen molar-refractivity contribution >= 4 is 11.3 Å². The highest BCUT2D eigenvalue weighted by atomic mass is 32.1. The van der Waals surface area contributed by atoms with Crippen molar-refractivity contribution in [3.05, 3.63) is 45.4 Å². The Kier molecular flexibility index (Phi) is 2.60. The van der Waals surface area contributed by atoms with E-state index >= 15 is 0 Å². The molecule has 0 bridgehead atoms. The Morgan fingerprint density at radius 2 is 2.21 bits per heavy atom. The summed E-state index contributed by atoms with van der Waals surface area (Å²) in [6.45, 7) is 0.709. The van der Waals surface area contributed by atoms with E-state index in [1.807, 2.05) is 23.5 Å². The Morgan fingerprint density at radius 1 is 1.32 bits per heavy atom. The number of benzene rings is 1. The molecule has 0 saturated heterocycles. The molecule has 2 atom stereocenters. The summed E-state index contributed by atoms with van der Waals surface area (Å²) in [5.41, 5.74) is 8.57. The molecule has 1 aromatic heterocycles. The fraction of sp³-hybridized carbons (Fsp3) is 0.400. The predicted molar refractivity (Wildman–Crippen MR) is 75.8 cm³/mol. The van der Waals surface area contributed by atoms with Gasteiger partial charge in [0.1, 0.15) is 17.4 Å². The zero-order chi connectivity index (χ0) is 12.8. The maximum Gasteiger partial charge on any atom is 0.123 e. The van der Waals surface area contributed by atoms with Gasteiger partial charge in [-0.1, -0.05) is 18.2 Å². The number of hydrogen-bond acceptors (Lipinski definition) is 4. The number of nitrogens with zero attached hydrogens (tertiary/aromatic N) is 1. The van der Waals surface area contributed by atoms with Crippen molar-refractivity contribution in [1.82, 2.24) is 4.98 Å². The SMILES string of the molecule is NC1CCCc2sc(C3COc4ccccc43)nc21. The third kappa shape index (κ3) is 1.78. The second-order valence-electron chi connectivity index (χ2n) is 5.26. The first-order valence-corrected chi connectivity index (χ1v) is 7.61. The Labute approximate surface area is 116 Å². The van der Waals surface area contributed by atoms with E-state index in [4.69, 9.17) is 15.5 Å². The van der Waals surface area contributed by atoms with Crippen LogP contribution < -0.4 is 10.5 Å². The highest BCUT2D eigenvalue weighted by Crippen LogP contribution is 2.42. The molecule has 2 aromatic rings. The summed E-state index contributed by atoms with van der Waals surface area (Å²) in [5, 5.41) is 1.17. The fourth-order valence-corrected chi connectivity index (χ4v) is 4.27. The molecule has 3 nitrogen and oxygen atoms in total. The standard InChI is InChI=1S/C15H16N2OS/c16-11-5-3-7-13-14(11)17-15(19-13)10-8-18-12-6-2-1-4-9(10)12/h1-2,4,6,10-11H,3,5,7-8,16H2. The molecule has 2 aliphatic rings. The number of ether oxygens (including phenoxy) is 1. The molecular weight excluding hydrogens is 256 g/mol. The zero-order valence-corrected chi connectivity index (χ0v) is 11.5. The number of rotatable bonds is 1. The van der Waals surface area contributed by atoms with E-state index in [-0.39, 0.29) is 6.04 Å². The van der Waals surface area contributed by atoms with Gasteiger partial charge in [-0.2, -0.15) is 0 Å². The van der Waals surface area contributed by atoms with Crippen LogP contribution in [0, 0.1) is 0 Å². The van der Waals surface area contributed by atoms with Crippen molar-refractivity contribution in [2.45, 2.75) is 31.2 Å². The average molecular weight is 272 g/mol. The van der Waals surface area contributed by atoms with Gasteiger partial charge in [0.2, 0.25) is 0 Å². The quantitative estimate of drug-likeness (QED) is 0.868. The molecule has 0 spiro atoms. The minimum atomic E-state index is 0.131. The summed E-state index contributed by atoms with van der Waals surface area (Å²) in [6, 6.07) is 8.40. The van der Waals surface area contributed by atoms with Crippen molar-refractivity contribution < 1.29 is 4.74 Å². The van der Waals surface area contributed by atoms with Crippen LogP contribution in [0.1, 0.15) is 45.9 Å². The Morgan fingerprint density at radius 3 is 3.11 bits per heavy atom. The average Bonchev–Trinajstić information content (AvgIpc) is 3.02. The van der Waals surface area contributed by atoms with Gasteiger partial charge >= 0.3 is 0 Å². The third-order valence-corrected chi connectivity index (χ3v) is 5.26. The molecule has 98 valence electrons. The number of para-hydroxylation sites is 1. The minimum absolute atomic E-state index is 0.131. The number of fused-ring (bicyclic) bond motifs is 2. The highest BCUT2D eigenvalue weighted by Gasteiger charge is 2.30. The van der Waals surface area contributed by atoms with Gasteiger partial charge < -0.3 is 10.5 Å². The maximum absolute atomic E-state index is 6.17. The highest BCUT2D eigenvalue weighted by molar-refractivity contribution is 7.11. The molecule has 4 heteroatoms. The van der Waals surface area contributed by atoms with Gasteiger partial charge in [-0.3, -0.25) is 0 Å². The van der Waals surface area contributed by atoms with Gasteiger partial charge in [0, 0.05) is 16.5 Å². The molecular formula is C15H16N2OS. The van der Waals surface area contributed by atoms with Gasteiger partial charge in [-0.15, -0.1) is 11.3 Å². The van der Waals surface area contributed by atoms with Crippen molar-refractivity contribution in [3.8, 4) is 5.75 Å². The van der Waals surface area contributed by atoms with Crippen LogP contribution in [0.3, 0.4) is 0 Å². The molecule has 2 N–H and O–H groups in total. The number of thiazole rings is 1. The predicted octanol–water partition coefficient (Wildman–Crippen LogP) is 3.00. The first-order valence-electron chi connectivity index (χ1n) is 6.80. The molecule has 2 unspecified atom stereocenters. The minimum Gasteiger partial charge on any atom is -0.492 e. The second-order valence-corrected chi connectivity index (χ2v) is 6.38. The van der Waals surface area contributed by atoms with Crippen LogP contribution in [0.15, 0.2) is 24.3 Å². The van der Waals surface area contributed by atoms with E-state index in [1.165, 1.54) is 21.9 Å². The lowest BCUT2D eigenvalue weighted by atomic mass is 9.98. The van der Waals surface area contributed by atoms with Gasteiger partial charge in [0.05, 0.1) is 11.6 Å². The monoisotopic (exact) mass is 272 g/mol. The molecule has 0 saturated carbocycles. The first kappa shape index (κ1) is 11.4. The van der Waals surface area contributed by atoms with Crippen molar-refractivity contribution in [3.63, 3.8) is 0 Å². The molecule has 1 aliphatic heterocycles. The number of hydrogen-bond donors (Lipinski definition) is 1. The van der Waals surface area contributed by atoms with Gasteiger partial charge in [-0.25, -0.2) is 4.98 Å². The van der Waals surface area contributed by atoms with Gasteiger partial charge in [0.25, 0.3) is 0 Å². The number of aryl methyl sites for hydroxylation is 1. The van der Waals surface area contributed by atoms with Crippen LogP contribution in [-0.2, 0) is 6.42 Å². The van der Waals surface area contributed by atoms with Crippen LogP contribution in [0.25, 0.3) is 0 Å². The van der Waals surface area contributed by atoms with Crippen LogP contribution in [0.2, 0.25) is 0 Å². The van der Waals surface area contributed by atoms with E-state index in [9.17, 15) is 0 Å². The van der Waals surface area contributed by atoms with Crippen LogP contribution in [0.4, 0.5) is 0 Å². The Balaban J connectivity index is 1.75. The smallest absolute Gasteiger partial charge is 0.123 e. The molecule has 19 heavy (non-hydrogen) atoms. The molecule has 0 amide bonds. The summed E-state index contributed by atoms with van der Waals surface area (Å²) >= 11 is 1.83. The number of nitrogens with two attached hydrogens (primary N) is 1. The van der Waals surface area contributed by atoms with Crippen LogP contribution >= 0.6 is 11.3 Å². The van der Waals surface area contributed by atoms with Crippen molar-refractivity contribution in [2.24, 2.45) is 5.73 Å². The van der Waals surface area contributed by atoms with E-state index in [2.05, 4.69) is 12.1 Å². The van der Waals surface area contributed by atoms with Gasteiger partial charge in [-0.05, 0) is 25.3 Å². The lowest BCUT2D eigenvalue weighted by Gasteiger charge is -2.15. The third-order valence-electron chi connectivity index (χ3n) is 4.01. The summed E-state index contributed by atoms with van der Waals surface area (Å²) in [6.07, 6.45) is 3.39. The van der Waals surface area contributed by atoms with Crippen LogP contribution in [0.5, 0.6) is 5.75 Å². The van der Waals surface area contributed by atoms with E-state index in [0.717, 1.165) is 24.3 Å². The lowest BCUT2D eigenvalue weighted by molar-refractivity contribution is 0.342. The maximum atomic E-state index is 6.17. The van der Waals surface area contributed by atoms with Crippen molar-refractivity contribution in [1.29, 1.82) is 0 Å². The zero-order valence-electron chi connectivity index (χ0n) is 10.6. The fourth-order valence-electron chi connectivity index (χ4n) is 2.99. The summed E-state index contributed by atoms with van der Waals surface area (Å²) in [5.74, 6) is 1.30. The Bertz CT molecular complexity index is 622. The van der Waals surface area contributed by atoms with E-state index in [1.54, 1.807) is 0 Å². The molecule has 4 rings (SSSR count). The van der Waals surface area contributed by atoms with Crippen LogP contribution in [-0.4, -0.2) is 11.6 Å².